The third kappa shape index (κ3) is 7.32. The summed E-state index contributed by atoms with van der Waals surface area (Å²) in [4.78, 5) is 36.5. The van der Waals surface area contributed by atoms with E-state index in [2.05, 4.69) is 20.8 Å². The number of aromatic nitrogens is 2. The molecular weight excluding hydrogens is 420 g/mol. The van der Waals surface area contributed by atoms with Gasteiger partial charge in [0.25, 0.3) is 0 Å². The monoisotopic (exact) mass is 448 g/mol. The van der Waals surface area contributed by atoms with E-state index in [1.165, 1.54) is 11.3 Å². The molecule has 2 atom stereocenters. The molecular formula is C21H28N4O5S. The average Bonchev–Trinajstić information content (AvgIpc) is 3.24. The molecule has 10 heteroatoms. The summed E-state index contributed by atoms with van der Waals surface area (Å²) in [6.45, 7) is 5.77. The number of benzene rings is 1. The predicted molar refractivity (Wildman–Crippen MR) is 118 cm³/mol. The molecule has 9 nitrogen and oxygen atoms in total. The van der Waals surface area contributed by atoms with Crippen LogP contribution in [0.15, 0.2) is 24.3 Å². The molecule has 1 aromatic carbocycles. The quantitative estimate of drug-likeness (QED) is 0.507. The second-order valence-corrected chi connectivity index (χ2v) is 7.85. The molecule has 0 bridgehead atoms. The molecule has 168 valence electrons. The van der Waals surface area contributed by atoms with Crippen LogP contribution >= 0.6 is 11.3 Å². The number of nitrogens with one attached hydrogen (secondary N) is 2. The normalized spacial score (nSPS) is 12.5. The Labute approximate surface area is 185 Å². The summed E-state index contributed by atoms with van der Waals surface area (Å²) in [6, 6.07) is 6.62. The van der Waals surface area contributed by atoms with Crippen LogP contribution < -0.4 is 15.4 Å². The lowest BCUT2D eigenvalue weighted by Gasteiger charge is -2.22. The molecule has 2 rings (SSSR count). The Hall–Kier alpha value is -3.01. The van der Waals surface area contributed by atoms with E-state index in [0.29, 0.717) is 22.3 Å². The molecule has 1 heterocycles. The first-order valence-electron chi connectivity index (χ1n) is 10.1. The van der Waals surface area contributed by atoms with E-state index in [-0.39, 0.29) is 37.2 Å². The van der Waals surface area contributed by atoms with Crippen LogP contribution in [0.1, 0.15) is 40.0 Å². The first-order valence-corrected chi connectivity index (χ1v) is 10.9. The van der Waals surface area contributed by atoms with Gasteiger partial charge in [-0.05, 0) is 25.0 Å². The number of methoxy groups -OCH3 is 1. The smallest absolute Gasteiger partial charge is 0.306 e. The Balaban J connectivity index is 2.03. The number of hydrogen-bond acceptors (Lipinski definition) is 8. The fraction of sp³-hybridized carbons (Fsp3) is 0.476. The topological polar surface area (TPSA) is 120 Å². The first-order chi connectivity index (χ1) is 14.9. The number of ether oxygens (including phenoxy) is 2. The highest BCUT2D eigenvalue weighted by Gasteiger charge is 2.27. The van der Waals surface area contributed by atoms with E-state index in [9.17, 15) is 14.4 Å². The van der Waals surface area contributed by atoms with Crippen LogP contribution in [0.5, 0.6) is 5.75 Å². The summed E-state index contributed by atoms with van der Waals surface area (Å²) in [7, 11) is 1.58. The Morgan fingerprint density at radius 2 is 1.94 bits per heavy atom. The summed E-state index contributed by atoms with van der Waals surface area (Å²) < 4.78 is 10.0. The van der Waals surface area contributed by atoms with Crippen molar-refractivity contribution in [2.24, 2.45) is 5.92 Å². The van der Waals surface area contributed by atoms with Gasteiger partial charge in [-0.15, -0.1) is 10.2 Å². The lowest BCUT2D eigenvalue weighted by atomic mass is 9.98. The minimum atomic E-state index is -0.760. The highest BCUT2D eigenvalue weighted by Crippen LogP contribution is 2.29. The lowest BCUT2D eigenvalue weighted by molar-refractivity contribution is -0.144. The summed E-state index contributed by atoms with van der Waals surface area (Å²) in [5.41, 5.74) is 0.822. The highest BCUT2D eigenvalue weighted by molar-refractivity contribution is 7.18. The molecule has 2 unspecified atom stereocenters. The maximum atomic E-state index is 12.8. The zero-order chi connectivity index (χ0) is 22.8. The van der Waals surface area contributed by atoms with E-state index >= 15 is 0 Å². The minimum absolute atomic E-state index is 0.0329. The zero-order valence-corrected chi connectivity index (χ0v) is 19.0. The standard InChI is InChI=1S/C21H28N4O5S/c1-5-13(3)18(22-16(26)10-11-17(27)30-6-2)19(28)23-21-25-24-20(31-21)14-8-7-9-15(12-14)29-4/h7-9,12-13,18H,5-6,10-11H2,1-4H3,(H,22,26)(H,23,25,28). The predicted octanol–water partition coefficient (Wildman–Crippen LogP) is 3.03. The molecule has 31 heavy (non-hydrogen) atoms. The molecule has 2 N–H and O–H groups in total. The van der Waals surface area contributed by atoms with E-state index < -0.39 is 12.0 Å². The molecule has 1 aromatic heterocycles. The van der Waals surface area contributed by atoms with Gasteiger partial charge >= 0.3 is 5.97 Å². The summed E-state index contributed by atoms with van der Waals surface area (Å²) in [5.74, 6) is -0.630. The Morgan fingerprint density at radius 1 is 1.16 bits per heavy atom. The largest absolute Gasteiger partial charge is 0.497 e. The summed E-state index contributed by atoms with van der Waals surface area (Å²) in [6.07, 6.45) is 0.605. The number of hydrogen-bond donors (Lipinski definition) is 2. The molecule has 0 aliphatic carbocycles. The number of esters is 1. The van der Waals surface area contributed by atoms with Gasteiger partial charge in [0, 0.05) is 12.0 Å². The fourth-order valence-electron chi connectivity index (χ4n) is 2.73. The van der Waals surface area contributed by atoms with Gasteiger partial charge in [-0.2, -0.15) is 0 Å². The van der Waals surface area contributed by atoms with Crippen LogP contribution in [0.25, 0.3) is 10.6 Å². The van der Waals surface area contributed by atoms with Gasteiger partial charge in [-0.25, -0.2) is 0 Å². The average molecular weight is 449 g/mol. The van der Waals surface area contributed by atoms with Gasteiger partial charge in [0.05, 0.1) is 20.1 Å². The molecule has 0 radical (unpaired) electrons. The third-order valence-corrected chi connectivity index (χ3v) is 5.53. The van der Waals surface area contributed by atoms with Gasteiger partial charge in [0.15, 0.2) is 0 Å². The van der Waals surface area contributed by atoms with Gasteiger partial charge in [0.2, 0.25) is 16.9 Å². The van der Waals surface area contributed by atoms with Crippen molar-refractivity contribution in [1.29, 1.82) is 0 Å². The van der Waals surface area contributed by atoms with Crippen molar-refractivity contribution in [1.82, 2.24) is 15.5 Å². The Kier molecular flexibility index (Phi) is 9.39. The van der Waals surface area contributed by atoms with E-state index in [1.54, 1.807) is 14.0 Å². The molecule has 2 aromatic rings. The summed E-state index contributed by atoms with van der Waals surface area (Å²) >= 11 is 1.23. The van der Waals surface area contributed by atoms with Gasteiger partial charge in [-0.3, -0.25) is 19.7 Å². The van der Waals surface area contributed by atoms with E-state index in [4.69, 9.17) is 9.47 Å². The molecule has 0 aliphatic rings. The second-order valence-electron chi connectivity index (χ2n) is 6.87. The van der Waals surface area contributed by atoms with Gasteiger partial charge in [0.1, 0.15) is 16.8 Å². The molecule has 0 spiro atoms. The fourth-order valence-corrected chi connectivity index (χ4v) is 3.47. The number of carbonyl (C=O) groups is 3. The van der Waals surface area contributed by atoms with Crippen LogP contribution in [-0.4, -0.2) is 47.7 Å². The number of carbonyl (C=O) groups excluding carboxylic acids is 3. The van der Waals surface area contributed by atoms with Crippen molar-refractivity contribution >= 4 is 34.3 Å². The number of anilines is 1. The molecule has 2 amide bonds. The van der Waals surface area contributed by atoms with Crippen molar-refractivity contribution in [3.05, 3.63) is 24.3 Å². The lowest BCUT2D eigenvalue weighted by Crippen LogP contribution is -2.47. The van der Waals surface area contributed by atoms with Gasteiger partial charge in [-0.1, -0.05) is 43.7 Å². The maximum absolute atomic E-state index is 12.8. The Bertz CT molecular complexity index is 901. The minimum Gasteiger partial charge on any atom is -0.497 e. The number of nitrogens with zero attached hydrogens (tertiary/aromatic N) is 2. The highest BCUT2D eigenvalue weighted by atomic mass is 32.1. The van der Waals surface area contributed by atoms with Crippen molar-refractivity contribution in [3.8, 4) is 16.3 Å². The molecule has 0 fully saturated rings. The SMILES string of the molecule is CCOC(=O)CCC(=O)NC(C(=O)Nc1nnc(-c2cccc(OC)c2)s1)C(C)CC. The van der Waals surface area contributed by atoms with Crippen LogP contribution in [0.2, 0.25) is 0 Å². The van der Waals surface area contributed by atoms with Crippen LogP contribution in [-0.2, 0) is 19.1 Å². The van der Waals surface area contributed by atoms with Crippen molar-refractivity contribution in [3.63, 3.8) is 0 Å². The van der Waals surface area contributed by atoms with Crippen LogP contribution in [0, 0.1) is 5.92 Å². The molecule has 0 aliphatic heterocycles. The second kappa shape index (κ2) is 12.0. The van der Waals surface area contributed by atoms with Gasteiger partial charge < -0.3 is 14.8 Å². The van der Waals surface area contributed by atoms with Crippen LogP contribution in [0.3, 0.4) is 0 Å². The van der Waals surface area contributed by atoms with Crippen LogP contribution in [0.4, 0.5) is 5.13 Å². The van der Waals surface area contributed by atoms with E-state index in [1.807, 2.05) is 38.1 Å². The zero-order valence-electron chi connectivity index (χ0n) is 18.1. The molecule has 0 saturated heterocycles. The van der Waals surface area contributed by atoms with Crippen molar-refractivity contribution in [2.45, 2.75) is 46.1 Å². The number of amides is 2. The van der Waals surface area contributed by atoms with Crippen molar-refractivity contribution in [2.75, 3.05) is 19.0 Å². The third-order valence-electron chi connectivity index (χ3n) is 4.65. The first kappa shape index (κ1) is 24.3. The maximum Gasteiger partial charge on any atom is 0.306 e. The number of rotatable bonds is 11. The Morgan fingerprint density at radius 3 is 2.61 bits per heavy atom. The summed E-state index contributed by atoms with van der Waals surface area (Å²) in [5, 5.41) is 14.6. The van der Waals surface area contributed by atoms with E-state index in [0.717, 1.165) is 5.56 Å². The van der Waals surface area contributed by atoms with Crippen molar-refractivity contribution < 1.29 is 23.9 Å². The molecule has 0 saturated carbocycles.